The van der Waals surface area contributed by atoms with Crippen molar-refractivity contribution in [2.75, 3.05) is 13.1 Å². The number of hydrogen-bond acceptors (Lipinski definition) is 4. The minimum Gasteiger partial charge on any atom is -0.315 e. The molecule has 0 aromatic carbocycles. The monoisotopic (exact) mass is 277 g/mol. The molecule has 0 bridgehead atoms. The van der Waals surface area contributed by atoms with Crippen LogP contribution in [0, 0.1) is 0 Å². The highest BCUT2D eigenvalue weighted by Crippen LogP contribution is 2.02. The van der Waals surface area contributed by atoms with Gasteiger partial charge in [0, 0.05) is 20.1 Å². The van der Waals surface area contributed by atoms with Crippen LogP contribution in [0.25, 0.3) is 11.0 Å². The minimum atomic E-state index is -0.0177. The summed E-state index contributed by atoms with van der Waals surface area (Å²) in [5.74, 6) is 0. The largest absolute Gasteiger partial charge is 0.315 e. The average molecular weight is 277 g/mol. The van der Waals surface area contributed by atoms with Crippen LogP contribution in [0.5, 0.6) is 0 Å². The Hall–Kier alpha value is -1.69. The molecule has 0 amide bonds. The third kappa shape index (κ3) is 3.45. The lowest BCUT2D eigenvalue weighted by molar-refractivity contribution is 0.552. The van der Waals surface area contributed by atoms with Gasteiger partial charge in [0.1, 0.15) is 11.7 Å². The molecular formula is C14H23N5O. The zero-order valence-electron chi connectivity index (χ0n) is 12.3. The van der Waals surface area contributed by atoms with Gasteiger partial charge in [-0.15, -0.1) is 0 Å². The molecule has 0 saturated carbocycles. The maximum atomic E-state index is 12.2. The number of fused-ring (bicyclic) bond motifs is 1. The average Bonchev–Trinajstić information content (AvgIpc) is 2.82. The van der Waals surface area contributed by atoms with Crippen LogP contribution in [0.1, 0.15) is 32.6 Å². The second kappa shape index (κ2) is 7.19. The molecule has 0 atom stereocenters. The van der Waals surface area contributed by atoms with Gasteiger partial charge in [0.25, 0.3) is 5.56 Å². The summed E-state index contributed by atoms with van der Waals surface area (Å²) < 4.78 is 3.26. The maximum Gasteiger partial charge on any atom is 0.264 e. The van der Waals surface area contributed by atoms with Crippen LogP contribution in [0.15, 0.2) is 17.3 Å². The summed E-state index contributed by atoms with van der Waals surface area (Å²) in [5.41, 5.74) is 0.620. The van der Waals surface area contributed by atoms with Crippen molar-refractivity contribution in [2.45, 2.75) is 39.2 Å². The summed E-state index contributed by atoms with van der Waals surface area (Å²) in [7, 11) is 1.79. The van der Waals surface area contributed by atoms with Crippen LogP contribution in [-0.4, -0.2) is 32.4 Å². The molecular weight excluding hydrogens is 254 g/mol. The van der Waals surface area contributed by atoms with E-state index >= 15 is 0 Å². The van der Waals surface area contributed by atoms with Gasteiger partial charge in [0.2, 0.25) is 0 Å². The van der Waals surface area contributed by atoms with Crippen molar-refractivity contribution in [1.82, 2.24) is 24.6 Å². The first-order valence-corrected chi connectivity index (χ1v) is 7.32. The molecule has 20 heavy (non-hydrogen) atoms. The van der Waals surface area contributed by atoms with E-state index < -0.39 is 0 Å². The summed E-state index contributed by atoms with van der Waals surface area (Å²) in [4.78, 5) is 16.5. The van der Waals surface area contributed by atoms with Crippen LogP contribution in [-0.2, 0) is 13.6 Å². The van der Waals surface area contributed by atoms with Crippen molar-refractivity contribution in [2.24, 2.45) is 7.05 Å². The van der Waals surface area contributed by atoms with E-state index in [1.54, 1.807) is 28.8 Å². The molecule has 0 saturated heterocycles. The highest BCUT2D eigenvalue weighted by atomic mass is 16.1. The van der Waals surface area contributed by atoms with Gasteiger partial charge in [-0.25, -0.2) is 4.98 Å². The van der Waals surface area contributed by atoms with E-state index in [-0.39, 0.29) is 5.56 Å². The fourth-order valence-corrected chi connectivity index (χ4v) is 2.23. The molecule has 0 radical (unpaired) electrons. The van der Waals surface area contributed by atoms with Crippen LogP contribution < -0.4 is 10.9 Å². The Morgan fingerprint density at radius 3 is 2.90 bits per heavy atom. The fourth-order valence-electron chi connectivity index (χ4n) is 2.23. The normalized spacial score (nSPS) is 11.3. The summed E-state index contributed by atoms with van der Waals surface area (Å²) in [6.07, 6.45) is 8.20. The topological polar surface area (TPSA) is 64.7 Å². The van der Waals surface area contributed by atoms with Gasteiger partial charge in [-0.2, -0.15) is 5.10 Å². The first kappa shape index (κ1) is 14.7. The van der Waals surface area contributed by atoms with E-state index in [0.29, 0.717) is 17.6 Å². The number of unbranched alkanes of at least 4 members (excludes halogenated alkanes) is 3. The minimum absolute atomic E-state index is 0.0177. The molecule has 0 fully saturated rings. The van der Waals surface area contributed by atoms with Gasteiger partial charge in [0.05, 0.1) is 6.20 Å². The van der Waals surface area contributed by atoms with Crippen LogP contribution in [0.4, 0.5) is 0 Å². The molecule has 2 rings (SSSR count). The smallest absolute Gasteiger partial charge is 0.264 e. The molecule has 0 aliphatic carbocycles. The first-order valence-electron chi connectivity index (χ1n) is 7.32. The zero-order valence-corrected chi connectivity index (χ0v) is 12.3. The van der Waals surface area contributed by atoms with Crippen molar-refractivity contribution in [3.63, 3.8) is 0 Å². The van der Waals surface area contributed by atoms with E-state index in [0.717, 1.165) is 13.1 Å². The zero-order chi connectivity index (χ0) is 14.4. The Balaban J connectivity index is 1.84. The van der Waals surface area contributed by atoms with Crippen molar-refractivity contribution in [1.29, 1.82) is 0 Å². The lowest BCUT2D eigenvalue weighted by Crippen LogP contribution is -2.27. The second-order valence-corrected chi connectivity index (χ2v) is 5.06. The molecule has 2 aromatic rings. The molecule has 2 aromatic heterocycles. The summed E-state index contributed by atoms with van der Waals surface area (Å²) >= 11 is 0. The number of nitrogens with one attached hydrogen (secondary N) is 1. The van der Waals surface area contributed by atoms with Crippen LogP contribution in [0.2, 0.25) is 0 Å². The molecule has 2 heterocycles. The summed E-state index contributed by atoms with van der Waals surface area (Å²) in [6.45, 7) is 4.66. The number of aromatic nitrogens is 4. The molecule has 1 N–H and O–H groups in total. The first-order chi connectivity index (χ1) is 9.74. The SMILES string of the molecule is CCCCCCNCCn1cnc2c(cnn2C)c1=O. The van der Waals surface area contributed by atoms with E-state index in [2.05, 4.69) is 22.3 Å². The van der Waals surface area contributed by atoms with E-state index in [9.17, 15) is 4.79 Å². The Kier molecular flexibility index (Phi) is 5.29. The predicted molar refractivity (Wildman–Crippen MR) is 79.8 cm³/mol. The standard InChI is InChI=1S/C14H23N5O/c1-3-4-5-6-7-15-8-9-19-11-16-13-12(14(19)20)10-17-18(13)2/h10-11,15H,3-9H2,1-2H3. The molecule has 6 nitrogen and oxygen atoms in total. The highest BCUT2D eigenvalue weighted by molar-refractivity contribution is 5.72. The van der Waals surface area contributed by atoms with Gasteiger partial charge < -0.3 is 5.32 Å². The Morgan fingerprint density at radius 1 is 1.25 bits per heavy atom. The van der Waals surface area contributed by atoms with Crippen molar-refractivity contribution < 1.29 is 0 Å². The van der Waals surface area contributed by atoms with Gasteiger partial charge >= 0.3 is 0 Å². The van der Waals surface area contributed by atoms with Crippen LogP contribution >= 0.6 is 0 Å². The van der Waals surface area contributed by atoms with E-state index in [1.807, 2.05) is 0 Å². The Bertz CT molecular complexity index is 601. The Labute approximate surface area is 118 Å². The molecule has 0 aliphatic rings. The lowest BCUT2D eigenvalue weighted by atomic mass is 10.2. The number of nitrogens with zero attached hydrogens (tertiary/aromatic N) is 4. The number of aryl methyl sites for hydroxylation is 1. The third-order valence-electron chi connectivity index (χ3n) is 3.45. The van der Waals surface area contributed by atoms with Crippen molar-refractivity contribution >= 4 is 11.0 Å². The van der Waals surface area contributed by atoms with Crippen molar-refractivity contribution in [3.05, 3.63) is 22.9 Å². The van der Waals surface area contributed by atoms with Gasteiger partial charge in [-0.1, -0.05) is 26.2 Å². The molecule has 0 spiro atoms. The molecule has 0 unspecified atom stereocenters. The summed E-state index contributed by atoms with van der Waals surface area (Å²) in [6, 6.07) is 0. The van der Waals surface area contributed by atoms with Gasteiger partial charge in [0.15, 0.2) is 5.65 Å². The quantitative estimate of drug-likeness (QED) is 0.739. The molecule has 110 valence electrons. The Morgan fingerprint density at radius 2 is 2.10 bits per heavy atom. The number of rotatable bonds is 8. The predicted octanol–water partition coefficient (Wildman–Crippen LogP) is 1.30. The molecule has 6 heteroatoms. The highest BCUT2D eigenvalue weighted by Gasteiger charge is 2.07. The number of hydrogen-bond donors (Lipinski definition) is 1. The van der Waals surface area contributed by atoms with Gasteiger partial charge in [-0.05, 0) is 13.0 Å². The van der Waals surface area contributed by atoms with Gasteiger partial charge in [-0.3, -0.25) is 14.0 Å². The third-order valence-corrected chi connectivity index (χ3v) is 3.45. The molecule has 0 aliphatic heterocycles. The summed E-state index contributed by atoms with van der Waals surface area (Å²) in [5, 5.41) is 8.01. The lowest BCUT2D eigenvalue weighted by Gasteiger charge is -2.07. The van der Waals surface area contributed by atoms with Crippen molar-refractivity contribution in [3.8, 4) is 0 Å². The fraction of sp³-hybridized carbons (Fsp3) is 0.643. The second-order valence-electron chi connectivity index (χ2n) is 5.06. The maximum absolute atomic E-state index is 12.2. The van der Waals surface area contributed by atoms with E-state index in [1.165, 1.54) is 25.7 Å². The van der Waals surface area contributed by atoms with E-state index in [4.69, 9.17) is 0 Å². The van der Waals surface area contributed by atoms with Crippen LogP contribution in [0.3, 0.4) is 0 Å².